The van der Waals surface area contributed by atoms with Gasteiger partial charge in [0.15, 0.2) is 0 Å². The SMILES string of the molecule is CC(C)C1CCCCC1(O)CN. The molecule has 2 nitrogen and oxygen atoms in total. The Hall–Kier alpha value is -0.0800. The smallest absolute Gasteiger partial charge is 0.0799 e. The molecule has 1 aliphatic rings. The molecule has 2 unspecified atom stereocenters. The van der Waals surface area contributed by atoms with Gasteiger partial charge in [-0.25, -0.2) is 0 Å². The highest BCUT2D eigenvalue weighted by Gasteiger charge is 2.38. The Morgan fingerprint density at radius 3 is 2.58 bits per heavy atom. The average Bonchev–Trinajstić information content (AvgIpc) is 2.05. The highest BCUT2D eigenvalue weighted by Crippen LogP contribution is 2.37. The summed E-state index contributed by atoms with van der Waals surface area (Å²) in [5, 5.41) is 10.2. The van der Waals surface area contributed by atoms with Gasteiger partial charge in [-0.15, -0.1) is 0 Å². The first kappa shape index (κ1) is 10.0. The van der Waals surface area contributed by atoms with Gasteiger partial charge in [-0.1, -0.05) is 26.7 Å². The summed E-state index contributed by atoms with van der Waals surface area (Å²) >= 11 is 0. The van der Waals surface area contributed by atoms with Gasteiger partial charge in [0.05, 0.1) is 5.60 Å². The molecule has 0 heterocycles. The number of hydrogen-bond acceptors (Lipinski definition) is 2. The van der Waals surface area contributed by atoms with Crippen LogP contribution in [0.4, 0.5) is 0 Å². The normalized spacial score (nSPS) is 37.2. The molecule has 0 aromatic carbocycles. The predicted octanol–water partition coefficient (Wildman–Crippen LogP) is 1.52. The highest BCUT2D eigenvalue weighted by atomic mass is 16.3. The second kappa shape index (κ2) is 3.75. The molecule has 0 aromatic heterocycles. The van der Waals surface area contributed by atoms with Crippen molar-refractivity contribution < 1.29 is 5.11 Å². The maximum atomic E-state index is 10.2. The van der Waals surface area contributed by atoms with Crippen LogP contribution >= 0.6 is 0 Å². The first-order valence-corrected chi connectivity index (χ1v) is 5.02. The second-order valence-electron chi connectivity index (χ2n) is 4.40. The maximum Gasteiger partial charge on any atom is 0.0799 e. The lowest BCUT2D eigenvalue weighted by Gasteiger charge is -2.41. The lowest BCUT2D eigenvalue weighted by Crippen LogP contribution is -2.48. The number of hydrogen-bond donors (Lipinski definition) is 2. The minimum Gasteiger partial charge on any atom is -0.388 e. The van der Waals surface area contributed by atoms with Crippen LogP contribution in [0.15, 0.2) is 0 Å². The molecule has 0 saturated heterocycles. The molecule has 0 radical (unpaired) electrons. The third kappa shape index (κ3) is 1.80. The molecular formula is C10H21NO. The molecule has 12 heavy (non-hydrogen) atoms. The summed E-state index contributed by atoms with van der Waals surface area (Å²) in [6, 6.07) is 0. The van der Waals surface area contributed by atoms with Gasteiger partial charge in [0, 0.05) is 6.54 Å². The zero-order chi connectivity index (χ0) is 9.19. The molecular weight excluding hydrogens is 150 g/mol. The summed E-state index contributed by atoms with van der Waals surface area (Å²) in [4.78, 5) is 0. The number of rotatable bonds is 2. The molecule has 0 bridgehead atoms. The van der Waals surface area contributed by atoms with E-state index in [1.54, 1.807) is 0 Å². The Labute approximate surface area is 75.2 Å². The van der Waals surface area contributed by atoms with Gasteiger partial charge in [-0.2, -0.15) is 0 Å². The Bertz CT molecular complexity index is 147. The van der Waals surface area contributed by atoms with Crippen LogP contribution in [0.3, 0.4) is 0 Å². The van der Waals surface area contributed by atoms with Crippen molar-refractivity contribution in [3.63, 3.8) is 0 Å². The fourth-order valence-electron chi connectivity index (χ4n) is 2.46. The van der Waals surface area contributed by atoms with Crippen LogP contribution in [0.5, 0.6) is 0 Å². The summed E-state index contributed by atoms with van der Waals surface area (Å²) in [5.74, 6) is 0.968. The maximum absolute atomic E-state index is 10.2. The second-order valence-corrected chi connectivity index (χ2v) is 4.40. The van der Waals surface area contributed by atoms with Crippen molar-refractivity contribution in [2.75, 3.05) is 6.54 Å². The zero-order valence-corrected chi connectivity index (χ0v) is 8.21. The van der Waals surface area contributed by atoms with E-state index in [0.29, 0.717) is 18.4 Å². The van der Waals surface area contributed by atoms with Gasteiger partial charge >= 0.3 is 0 Å². The molecule has 72 valence electrons. The van der Waals surface area contributed by atoms with E-state index in [9.17, 15) is 5.11 Å². The van der Waals surface area contributed by atoms with E-state index < -0.39 is 5.60 Å². The highest BCUT2D eigenvalue weighted by molar-refractivity contribution is 4.91. The third-order valence-electron chi connectivity index (χ3n) is 3.22. The summed E-state index contributed by atoms with van der Waals surface area (Å²) in [6.45, 7) is 4.78. The molecule has 3 N–H and O–H groups in total. The van der Waals surface area contributed by atoms with Crippen molar-refractivity contribution in [1.82, 2.24) is 0 Å². The quantitative estimate of drug-likeness (QED) is 0.661. The summed E-state index contributed by atoms with van der Waals surface area (Å²) in [6.07, 6.45) is 4.43. The van der Waals surface area contributed by atoms with Gasteiger partial charge < -0.3 is 10.8 Å². The minimum absolute atomic E-state index is 0.413. The topological polar surface area (TPSA) is 46.2 Å². The van der Waals surface area contributed by atoms with Crippen LogP contribution < -0.4 is 5.73 Å². The van der Waals surface area contributed by atoms with Crippen LogP contribution in [0.1, 0.15) is 39.5 Å². The largest absolute Gasteiger partial charge is 0.388 e. The van der Waals surface area contributed by atoms with Crippen molar-refractivity contribution >= 4 is 0 Å². The molecule has 1 saturated carbocycles. The molecule has 0 aliphatic heterocycles. The van der Waals surface area contributed by atoms with Crippen molar-refractivity contribution in [2.24, 2.45) is 17.6 Å². The first-order chi connectivity index (χ1) is 5.60. The fraction of sp³-hybridized carbons (Fsp3) is 1.00. The molecule has 2 atom stereocenters. The lowest BCUT2D eigenvalue weighted by molar-refractivity contribution is -0.0578. The molecule has 1 fully saturated rings. The van der Waals surface area contributed by atoms with E-state index in [2.05, 4.69) is 13.8 Å². The Kier molecular flexibility index (Phi) is 3.13. The summed E-state index contributed by atoms with van der Waals surface area (Å²) in [5.41, 5.74) is 5.05. The number of aliphatic hydroxyl groups is 1. The lowest BCUT2D eigenvalue weighted by atomic mass is 9.70. The number of nitrogens with two attached hydrogens (primary N) is 1. The van der Waals surface area contributed by atoms with Gasteiger partial charge in [0.1, 0.15) is 0 Å². The van der Waals surface area contributed by atoms with E-state index in [0.717, 1.165) is 19.3 Å². The van der Waals surface area contributed by atoms with Gasteiger partial charge in [0.2, 0.25) is 0 Å². The molecule has 0 spiro atoms. The Balaban J connectivity index is 2.66. The van der Waals surface area contributed by atoms with Gasteiger partial charge in [-0.3, -0.25) is 0 Å². The van der Waals surface area contributed by atoms with Crippen LogP contribution in [0.2, 0.25) is 0 Å². The van der Waals surface area contributed by atoms with Crippen molar-refractivity contribution in [1.29, 1.82) is 0 Å². The van der Waals surface area contributed by atoms with E-state index >= 15 is 0 Å². The summed E-state index contributed by atoms with van der Waals surface area (Å²) in [7, 11) is 0. The van der Waals surface area contributed by atoms with Crippen LogP contribution in [0, 0.1) is 11.8 Å². The Morgan fingerprint density at radius 2 is 2.17 bits per heavy atom. The van der Waals surface area contributed by atoms with E-state index in [4.69, 9.17) is 5.73 Å². The zero-order valence-electron chi connectivity index (χ0n) is 8.21. The standard InChI is InChI=1S/C10H21NO/c1-8(2)9-5-3-4-6-10(9,12)7-11/h8-9,12H,3-7,11H2,1-2H3. The fourth-order valence-corrected chi connectivity index (χ4v) is 2.46. The molecule has 1 aliphatic carbocycles. The van der Waals surface area contributed by atoms with Crippen LogP contribution in [-0.2, 0) is 0 Å². The van der Waals surface area contributed by atoms with Crippen molar-refractivity contribution in [3.8, 4) is 0 Å². The van der Waals surface area contributed by atoms with Crippen molar-refractivity contribution in [2.45, 2.75) is 45.1 Å². The molecule has 0 aromatic rings. The van der Waals surface area contributed by atoms with Gasteiger partial charge in [0.25, 0.3) is 0 Å². The monoisotopic (exact) mass is 171 g/mol. The molecule has 2 heteroatoms. The summed E-state index contributed by atoms with van der Waals surface area (Å²) < 4.78 is 0. The van der Waals surface area contributed by atoms with Gasteiger partial charge in [-0.05, 0) is 24.7 Å². The average molecular weight is 171 g/mol. The van der Waals surface area contributed by atoms with Crippen LogP contribution in [-0.4, -0.2) is 17.3 Å². The van der Waals surface area contributed by atoms with Crippen molar-refractivity contribution in [3.05, 3.63) is 0 Å². The van der Waals surface area contributed by atoms with E-state index in [1.165, 1.54) is 6.42 Å². The predicted molar refractivity (Wildman–Crippen MR) is 50.8 cm³/mol. The first-order valence-electron chi connectivity index (χ1n) is 5.02. The minimum atomic E-state index is -0.563. The van der Waals surface area contributed by atoms with E-state index in [-0.39, 0.29) is 0 Å². The third-order valence-corrected chi connectivity index (χ3v) is 3.22. The van der Waals surface area contributed by atoms with Crippen LogP contribution in [0.25, 0.3) is 0 Å². The Morgan fingerprint density at radius 1 is 1.50 bits per heavy atom. The molecule has 1 rings (SSSR count). The molecule has 0 amide bonds. The van der Waals surface area contributed by atoms with E-state index in [1.807, 2.05) is 0 Å².